The Labute approximate surface area is 105 Å². The minimum atomic E-state index is 0.823. The summed E-state index contributed by atoms with van der Waals surface area (Å²) in [5, 5.41) is 4.28. The monoisotopic (exact) mass is 329 g/mol. The molecule has 0 bridgehead atoms. The summed E-state index contributed by atoms with van der Waals surface area (Å²) in [6.07, 6.45) is 2.69. The van der Waals surface area contributed by atoms with Gasteiger partial charge in [0.2, 0.25) is 0 Å². The molecule has 2 rings (SSSR count). The lowest BCUT2D eigenvalue weighted by atomic mass is 10.3. The number of rotatable bonds is 3. The van der Waals surface area contributed by atoms with Crippen LogP contribution in [0, 0.1) is 0 Å². The van der Waals surface area contributed by atoms with E-state index in [9.17, 15) is 0 Å². The number of pyridine rings is 1. The summed E-state index contributed by atoms with van der Waals surface area (Å²) in [5.74, 6) is 0. The van der Waals surface area contributed by atoms with Crippen LogP contribution in [0.4, 0.5) is 0 Å². The van der Waals surface area contributed by atoms with Crippen molar-refractivity contribution in [2.45, 2.75) is 13.0 Å². The molecule has 0 unspecified atom stereocenters. The molecule has 5 heteroatoms. The third kappa shape index (κ3) is 2.89. The van der Waals surface area contributed by atoms with Crippen LogP contribution in [0.15, 0.2) is 39.7 Å². The zero-order valence-corrected chi connectivity index (χ0v) is 11.1. The Kier molecular flexibility index (Phi) is 3.53. The Morgan fingerprint density at radius 1 is 1.27 bits per heavy atom. The highest BCUT2D eigenvalue weighted by Crippen LogP contribution is 2.16. The zero-order valence-electron chi connectivity index (χ0n) is 7.90. The lowest BCUT2D eigenvalue weighted by Crippen LogP contribution is -2.04. The van der Waals surface area contributed by atoms with Gasteiger partial charge in [0.15, 0.2) is 0 Å². The van der Waals surface area contributed by atoms with Crippen LogP contribution in [0.3, 0.4) is 0 Å². The molecule has 0 aromatic carbocycles. The Balaban J connectivity index is 2.02. The van der Waals surface area contributed by atoms with E-state index < -0.39 is 0 Å². The van der Waals surface area contributed by atoms with Crippen molar-refractivity contribution < 1.29 is 0 Å². The summed E-state index contributed by atoms with van der Waals surface area (Å²) in [7, 11) is 0. The van der Waals surface area contributed by atoms with E-state index in [4.69, 9.17) is 0 Å². The first-order valence-corrected chi connectivity index (χ1v) is 6.13. The Hall–Kier alpha value is -0.680. The fourth-order valence-corrected chi connectivity index (χ4v) is 2.48. The molecule has 0 aliphatic heterocycles. The van der Waals surface area contributed by atoms with Crippen molar-refractivity contribution in [1.29, 1.82) is 0 Å². The van der Waals surface area contributed by atoms with Crippen molar-refractivity contribution >= 4 is 31.9 Å². The summed E-state index contributed by atoms with van der Waals surface area (Å²) in [5.41, 5.74) is 1.08. The number of nitrogens with zero attached hydrogens (tertiary/aromatic N) is 3. The van der Waals surface area contributed by atoms with Gasteiger partial charge in [-0.1, -0.05) is 6.07 Å². The van der Waals surface area contributed by atoms with E-state index in [1.807, 2.05) is 35.1 Å². The molecular weight excluding hydrogens is 322 g/mol. The van der Waals surface area contributed by atoms with Crippen LogP contribution in [0.1, 0.15) is 5.69 Å². The first kappa shape index (κ1) is 10.8. The topological polar surface area (TPSA) is 30.7 Å². The van der Waals surface area contributed by atoms with Gasteiger partial charge in [0.25, 0.3) is 0 Å². The Bertz CT molecular complexity index is 439. The molecule has 0 N–H and O–H groups in total. The van der Waals surface area contributed by atoms with Crippen molar-refractivity contribution in [2.75, 3.05) is 0 Å². The Morgan fingerprint density at radius 2 is 2.13 bits per heavy atom. The quantitative estimate of drug-likeness (QED) is 0.866. The van der Waals surface area contributed by atoms with Crippen LogP contribution in [0.25, 0.3) is 0 Å². The Morgan fingerprint density at radius 3 is 2.73 bits per heavy atom. The summed E-state index contributed by atoms with van der Waals surface area (Å²) >= 11 is 6.77. The molecule has 0 radical (unpaired) electrons. The molecule has 15 heavy (non-hydrogen) atoms. The summed E-state index contributed by atoms with van der Waals surface area (Å²) in [6, 6.07) is 7.87. The molecule has 0 fully saturated rings. The first-order chi connectivity index (χ1) is 7.25. The van der Waals surface area contributed by atoms with Gasteiger partial charge in [-0.05, 0) is 44.0 Å². The average Bonchev–Trinajstić information content (AvgIpc) is 2.56. The second kappa shape index (κ2) is 4.90. The highest BCUT2D eigenvalue weighted by Gasteiger charge is 2.03. The first-order valence-electron chi connectivity index (χ1n) is 4.54. The van der Waals surface area contributed by atoms with Crippen LogP contribution in [-0.2, 0) is 13.0 Å². The van der Waals surface area contributed by atoms with Gasteiger partial charge in [-0.25, -0.2) is 0 Å². The zero-order chi connectivity index (χ0) is 10.7. The van der Waals surface area contributed by atoms with Crippen LogP contribution >= 0.6 is 31.9 Å². The van der Waals surface area contributed by atoms with Gasteiger partial charge in [-0.2, -0.15) is 5.10 Å². The van der Waals surface area contributed by atoms with Gasteiger partial charge in [0.05, 0.1) is 0 Å². The molecule has 0 saturated carbocycles. The van der Waals surface area contributed by atoms with Crippen LogP contribution in [0.2, 0.25) is 0 Å². The van der Waals surface area contributed by atoms with Crippen molar-refractivity contribution in [3.63, 3.8) is 0 Å². The largest absolute Gasteiger partial charge is 0.261 e. The van der Waals surface area contributed by atoms with Crippen molar-refractivity contribution in [1.82, 2.24) is 14.8 Å². The summed E-state index contributed by atoms with van der Waals surface area (Å²) in [4.78, 5) is 4.26. The molecule has 0 atom stereocenters. The SMILES string of the molecule is Brc1cc(Br)n(CCc2ccccn2)n1. The highest BCUT2D eigenvalue weighted by molar-refractivity contribution is 9.11. The highest BCUT2D eigenvalue weighted by atomic mass is 79.9. The van der Waals surface area contributed by atoms with E-state index in [1.54, 1.807) is 0 Å². The standard InChI is InChI=1S/C10H9Br2N3/c11-9-7-10(12)15(14-9)6-4-8-3-1-2-5-13-8/h1-3,5,7H,4,6H2. The molecule has 78 valence electrons. The van der Waals surface area contributed by atoms with Crippen LogP contribution < -0.4 is 0 Å². The van der Waals surface area contributed by atoms with Crippen LogP contribution in [-0.4, -0.2) is 14.8 Å². The van der Waals surface area contributed by atoms with Gasteiger partial charge in [0, 0.05) is 30.9 Å². The van der Waals surface area contributed by atoms with Crippen LogP contribution in [0.5, 0.6) is 0 Å². The minimum absolute atomic E-state index is 0.823. The number of hydrogen-bond acceptors (Lipinski definition) is 2. The fourth-order valence-electron chi connectivity index (χ4n) is 1.29. The van der Waals surface area contributed by atoms with E-state index >= 15 is 0 Å². The van der Waals surface area contributed by atoms with E-state index in [2.05, 4.69) is 41.9 Å². The lowest BCUT2D eigenvalue weighted by Gasteiger charge is -2.02. The number of aromatic nitrogens is 3. The third-order valence-electron chi connectivity index (χ3n) is 2.01. The molecule has 0 aliphatic carbocycles. The van der Waals surface area contributed by atoms with Gasteiger partial charge in [-0.3, -0.25) is 9.67 Å². The maximum atomic E-state index is 4.28. The fraction of sp³-hybridized carbons (Fsp3) is 0.200. The lowest BCUT2D eigenvalue weighted by molar-refractivity contribution is 0.593. The van der Waals surface area contributed by atoms with E-state index in [0.717, 1.165) is 27.9 Å². The number of halogens is 2. The van der Waals surface area contributed by atoms with Crippen molar-refractivity contribution in [3.8, 4) is 0 Å². The average molecular weight is 331 g/mol. The van der Waals surface area contributed by atoms with Gasteiger partial charge in [-0.15, -0.1) is 0 Å². The second-order valence-electron chi connectivity index (χ2n) is 3.08. The smallest absolute Gasteiger partial charge is 0.129 e. The van der Waals surface area contributed by atoms with E-state index in [0.29, 0.717) is 0 Å². The van der Waals surface area contributed by atoms with Crippen molar-refractivity contribution in [2.24, 2.45) is 0 Å². The maximum absolute atomic E-state index is 4.28. The molecular formula is C10H9Br2N3. The minimum Gasteiger partial charge on any atom is -0.261 e. The molecule has 2 aromatic rings. The number of hydrogen-bond donors (Lipinski definition) is 0. The third-order valence-corrected chi connectivity index (χ3v) is 3.03. The molecule has 0 spiro atoms. The molecule has 2 heterocycles. The molecule has 0 aliphatic rings. The molecule has 0 saturated heterocycles. The normalized spacial score (nSPS) is 10.5. The maximum Gasteiger partial charge on any atom is 0.129 e. The van der Waals surface area contributed by atoms with Gasteiger partial charge in [0.1, 0.15) is 9.21 Å². The number of aryl methyl sites for hydroxylation is 2. The van der Waals surface area contributed by atoms with E-state index in [-0.39, 0.29) is 0 Å². The van der Waals surface area contributed by atoms with E-state index in [1.165, 1.54) is 0 Å². The second-order valence-corrected chi connectivity index (χ2v) is 4.71. The summed E-state index contributed by atoms with van der Waals surface area (Å²) in [6.45, 7) is 0.823. The van der Waals surface area contributed by atoms with Gasteiger partial charge < -0.3 is 0 Å². The molecule has 3 nitrogen and oxygen atoms in total. The van der Waals surface area contributed by atoms with Gasteiger partial charge >= 0.3 is 0 Å². The summed E-state index contributed by atoms with van der Waals surface area (Å²) < 4.78 is 3.72. The predicted octanol–water partition coefficient (Wildman–Crippen LogP) is 3.05. The molecule has 2 aromatic heterocycles. The molecule has 0 amide bonds. The predicted molar refractivity (Wildman–Crippen MR) is 65.6 cm³/mol. The van der Waals surface area contributed by atoms with Crippen molar-refractivity contribution in [3.05, 3.63) is 45.4 Å².